The Bertz CT molecular complexity index is 605. The summed E-state index contributed by atoms with van der Waals surface area (Å²) in [6.45, 7) is 0.633. The number of nitro groups is 1. The van der Waals surface area contributed by atoms with Gasteiger partial charge in [0.2, 0.25) is 11.7 Å². The van der Waals surface area contributed by atoms with Gasteiger partial charge in [-0.2, -0.15) is 4.39 Å². The molecule has 0 saturated carbocycles. The number of nitrogens with two attached hydrogens (primary N) is 1. The number of nitrogens with zero attached hydrogens (tertiary/aromatic N) is 2. The summed E-state index contributed by atoms with van der Waals surface area (Å²) >= 11 is 0. The van der Waals surface area contributed by atoms with Gasteiger partial charge in [-0.25, -0.2) is 0 Å². The van der Waals surface area contributed by atoms with Crippen molar-refractivity contribution in [2.24, 2.45) is 11.7 Å². The van der Waals surface area contributed by atoms with E-state index in [1.54, 1.807) is 0 Å². The number of carbonyl (C=O) groups is 2. The molecular weight excluding hydrogens is 281 g/mol. The van der Waals surface area contributed by atoms with Gasteiger partial charge in [0.25, 0.3) is 5.91 Å². The van der Waals surface area contributed by atoms with E-state index in [1.165, 1.54) is 11.0 Å². The average molecular weight is 295 g/mol. The van der Waals surface area contributed by atoms with Crippen LogP contribution in [0.25, 0.3) is 0 Å². The van der Waals surface area contributed by atoms with Gasteiger partial charge in [-0.15, -0.1) is 0 Å². The minimum Gasteiger partial charge on any atom is -0.369 e. The fraction of sp³-hybridized carbons (Fsp3) is 0.385. The standard InChI is InChI=1S/C13H14FN3O4/c14-10-6-8(3-4-11(10)17(20)21)13(19)16-5-1-2-9(7-16)12(15)18/h3-4,6,9H,1-2,5,7H2,(H2,15,18). The van der Waals surface area contributed by atoms with Gasteiger partial charge in [0.1, 0.15) is 0 Å². The predicted octanol–water partition coefficient (Wildman–Crippen LogP) is 1.07. The lowest BCUT2D eigenvalue weighted by Crippen LogP contribution is -2.44. The second-order valence-corrected chi connectivity index (χ2v) is 4.92. The summed E-state index contributed by atoms with van der Waals surface area (Å²) in [5.41, 5.74) is 4.57. The van der Waals surface area contributed by atoms with E-state index in [0.29, 0.717) is 19.4 Å². The van der Waals surface area contributed by atoms with Gasteiger partial charge in [0.05, 0.1) is 10.8 Å². The molecule has 0 bridgehead atoms. The smallest absolute Gasteiger partial charge is 0.304 e. The molecule has 7 nitrogen and oxygen atoms in total. The third-order valence-electron chi connectivity index (χ3n) is 3.50. The maximum atomic E-state index is 13.5. The molecule has 1 fully saturated rings. The molecule has 2 rings (SSSR count). The number of hydrogen-bond donors (Lipinski definition) is 1. The molecule has 1 atom stereocenters. The lowest BCUT2D eigenvalue weighted by atomic mass is 9.97. The summed E-state index contributed by atoms with van der Waals surface area (Å²) < 4.78 is 13.5. The summed E-state index contributed by atoms with van der Waals surface area (Å²) in [6, 6.07) is 3.00. The second kappa shape index (κ2) is 5.86. The van der Waals surface area contributed by atoms with Crippen LogP contribution in [0, 0.1) is 21.8 Å². The molecule has 1 saturated heterocycles. The van der Waals surface area contributed by atoms with Crippen molar-refractivity contribution in [1.29, 1.82) is 0 Å². The fourth-order valence-electron chi connectivity index (χ4n) is 2.36. The Morgan fingerprint density at radius 3 is 2.71 bits per heavy atom. The number of primary amides is 1. The molecule has 2 N–H and O–H groups in total. The van der Waals surface area contributed by atoms with E-state index in [4.69, 9.17) is 5.73 Å². The molecule has 2 amide bonds. The Kier molecular flexibility index (Phi) is 4.15. The van der Waals surface area contributed by atoms with Crippen LogP contribution in [0.15, 0.2) is 18.2 Å². The first-order valence-electron chi connectivity index (χ1n) is 6.42. The number of rotatable bonds is 3. The van der Waals surface area contributed by atoms with Crippen LogP contribution in [0.1, 0.15) is 23.2 Å². The Morgan fingerprint density at radius 2 is 2.14 bits per heavy atom. The van der Waals surface area contributed by atoms with Crippen LogP contribution < -0.4 is 5.73 Å². The van der Waals surface area contributed by atoms with E-state index in [2.05, 4.69) is 0 Å². The highest BCUT2D eigenvalue weighted by Gasteiger charge is 2.28. The summed E-state index contributed by atoms with van der Waals surface area (Å²) in [4.78, 5) is 34.5. The summed E-state index contributed by atoms with van der Waals surface area (Å²) in [5.74, 6) is -2.41. The van der Waals surface area contributed by atoms with Crippen molar-refractivity contribution >= 4 is 17.5 Å². The number of hydrogen-bond acceptors (Lipinski definition) is 4. The maximum Gasteiger partial charge on any atom is 0.304 e. The molecule has 21 heavy (non-hydrogen) atoms. The SMILES string of the molecule is NC(=O)C1CCCN(C(=O)c2ccc([N+](=O)[O-])c(F)c2)C1. The zero-order valence-electron chi connectivity index (χ0n) is 11.1. The number of benzene rings is 1. The number of nitro benzene ring substituents is 1. The van der Waals surface area contributed by atoms with Crippen molar-refractivity contribution in [3.63, 3.8) is 0 Å². The summed E-state index contributed by atoms with van der Waals surface area (Å²) in [5, 5.41) is 10.5. The second-order valence-electron chi connectivity index (χ2n) is 4.92. The van der Waals surface area contributed by atoms with Gasteiger partial charge in [0, 0.05) is 24.7 Å². The molecule has 0 radical (unpaired) electrons. The lowest BCUT2D eigenvalue weighted by Gasteiger charge is -2.31. The quantitative estimate of drug-likeness (QED) is 0.664. The largest absolute Gasteiger partial charge is 0.369 e. The van der Waals surface area contributed by atoms with Crippen LogP contribution in [0.5, 0.6) is 0 Å². The van der Waals surface area contributed by atoms with Crippen LogP contribution in [0.3, 0.4) is 0 Å². The minimum atomic E-state index is -1.06. The molecule has 1 unspecified atom stereocenters. The number of piperidine rings is 1. The Balaban J connectivity index is 2.18. The van der Waals surface area contributed by atoms with Gasteiger partial charge in [-0.3, -0.25) is 19.7 Å². The molecule has 1 aliphatic heterocycles. The molecule has 1 aromatic carbocycles. The molecule has 0 spiro atoms. The normalized spacial score (nSPS) is 18.3. The molecule has 1 aliphatic rings. The fourth-order valence-corrected chi connectivity index (χ4v) is 2.36. The van der Waals surface area contributed by atoms with Crippen LogP contribution >= 0.6 is 0 Å². The first kappa shape index (κ1) is 14.9. The van der Waals surface area contributed by atoms with E-state index in [1.807, 2.05) is 0 Å². The van der Waals surface area contributed by atoms with Crippen LogP contribution in [0.4, 0.5) is 10.1 Å². The molecule has 1 heterocycles. The molecule has 1 aromatic rings. The summed E-state index contributed by atoms with van der Waals surface area (Å²) in [7, 11) is 0. The highest BCUT2D eigenvalue weighted by Crippen LogP contribution is 2.22. The van der Waals surface area contributed by atoms with Gasteiger partial charge in [-0.05, 0) is 25.0 Å². The number of likely N-dealkylation sites (tertiary alicyclic amines) is 1. The molecule has 0 aliphatic carbocycles. The van der Waals surface area contributed by atoms with E-state index in [9.17, 15) is 24.1 Å². The van der Waals surface area contributed by atoms with Crippen LogP contribution in [-0.2, 0) is 4.79 Å². The molecule has 8 heteroatoms. The minimum absolute atomic E-state index is 0.0169. The van der Waals surface area contributed by atoms with Gasteiger partial charge in [-0.1, -0.05) is 0 Å². The number of halogens is 1. The number of amides is 2. The Morgan fingerprint density at radius 1 is 1.43 bits per heavy atom. The van der Waals surface area contributed by atoms with Gasteiger partial charge < -0.3 is 10.6 Å². The van der Waals surface area contributed by atoms with Crippen LogP contribution in [-0.4, -0.2) is 34.7 Å². The Labute approximate surface area is 119 Å². The zero-order valence-corrected chi connectivity index (χ0v) is 11.1. The first-order valence-corrected chi connectivity index (χ1v) is 6.42. The highest BCUT2D eigenvalue weighted by molar-refractivity contribution is 5.95. The van der Waals surface area contributed by atoms with Gasteiger partial charge >= 0.3 is 5.69 Å². The van der Waals surface area contributed by atoms with Crippen molar-refractivity contribution in [3.8, 4) is 0 Å². The average Bonchev–Trinajstić information content (AvgIpc) is 2.46. The topological polar surface area (TPSA) is 107 Å². The van der Waals surface area contributed by atoms with Crippen molar-refractivity contribution in [2.45, 2.75) is 12.8 Å². The third kappa shape index (κ3) is 3.15. The first-order chi connectivity index (χ1) is 9.90. The third-order valence-corrected chi connectivity index (χ3v) is 3.50. The van der Waals surface area contributed by atoms with E-state index < -0.39 is 34.2 Å². The van der Waals surface area contributed by atoms with E-state index in [0.717, 1.165) is 12.1 Å². The number of carbonyl (C=O) groups excluding carboxylic acids is 2. The van der Waals surface area contributed by atoms with E-state index in [-0.39, 0.29) is 12.1 Å². The zero-order chi connectivity index (χ0) is 15.6. The van der Waals surface area contributed by atoms with E-state index >= 15 is 0 Å². The van der Waals surface area contributed by atoms with Crippen molar-refractivity contribution in [3.05, 3.63) is 39.7 Å². The van der Waals surface area contributed by atoms with Crippen LogP contribution in [0.2, 0.25) is 0 Å². The molecule has 0 aromatic heterocycles. The van der Waals surface area contributed by atoms with Crippen molar-refractivity contribution < 1.29 is 18.9 Å². The van der Waals surface area contributed by atoms with Gasteiger partial charge in [0.15, 0.2) is 0 Å². The monoisotopic (exact) mass is 295 g/mol. The summed E-state index contributed by atoms with van der Waals surface area (Å²) in [6.07, 6.45) is 1.25. The highest BCUT2D eigenvalue weighted by atomic mass is 19.1. The maximum absolute atomic E-state index is 13.5. The Hall–Kier alpha value is -2.51. The van der Waals surface area contributed by atoms with Crippen molar-refractivity contribution in [1.82, 2.24) is 4.90 Å². The lowest BCUT2D eigenvalue weighted by molar-refractivity contribution is -0.387. The molecular formula is C13H14FN3O4. The molecule has 112 valence electrons. The predicted molar refractivity (Wildman–Crippen MR) is 70.9 cm³/mol. The van der Waals surface area contributed by atoms with Crippen molar-refractivity contribution in [2.75, 3.05) is 13.1 Å².